The van der Waals surface area contributed by atoms with Gasteiger partial charge in [0.25, 0.3) is 0 Å². The summed E-state index contributed by atoms with van der Waals surface area (Å²) in [6, 6.07) is 2.59. The van der Waals surface area contributed by atoms with Gasteiger partial charge < -0.3 is 15.8 Å². The fraction of sp³-hybridized carbons (Fsp3) is 0.333. The molecule has 92 valence electrons. The standard InChI is InChI=1S/C9H12N4O4/c1-2-17-8(14)5-11-7-4-3-6(13(15)16)9(10)12-7/h3-4H,2,5H2,1H3,(H3,10,11,12). The number of anilines is 2. The molecule has 3 N–H and O–H groups in total. The maximum atomic E-state index is 11.0. The first kappa shape index (κ1) is 12.7. The molecule has 0 aliphatic carbocycles. The number of carbonyl (C=O) groups excluding carboxylic acids is 1. The third-order valence-corrected chi connectivity index (χ3v) is 1.82. The van der Waals surface area contributed by atoms with E-state index in [0.29, 0.717) is 0 Å². The lowest BCUT2D eigenvalue weighted by molar-refractivity contribution is -0.384. The van der Waals surface area contributed by atoms with Crippen LogP contribution in [0.5, 0.6) is 0 Å². The highest BCUT2D eigenvalue weighted by molar-refractivity contribution is 5.74. The van der Waals surface area contributed by atoms with Gasteiger partial charge in [-0.1, -0.05) is 0 Å². The number of nitrogen functional groups attached to an aromatic ring is 1. The number of pyridine rings is 1. The average molecular weight is 240 g/mol. The molecule has 8 nitrogen and oxygen atoms in total. The van der Waals surface area contributed by atoms with E-state index in [1.807, 2.05) is 0 Å². The lowest BCUT2D eigenvalue weighted by Crippen LogP contribution is -2.17. The number of rotatable bonds is 5. The van der Waals surface area contributed by atoms with Crippen LogP contribution in [0.3, 0.4) is 0 Å². The van der Waals surface area contributed by atoms with Crippen molar-refractivity contribution >= 4 is 23.3 Å². The highest BCUT2D eigenvalue weighted by Gasteiger charge is 2.13. The van der Waals surface area contributed by atoms with Gasteiger partial charge in [-0.2, -0.15) is 0 Å². The Morgan fingerprint density at radius 3 is 2.88 bits per heavy atom. The Morgan fingerprint density at radius 2 is 2.35 bits per heavy atom. The molecule has 0 unspecified atom stereocenters. The van der Waals surface area contributed by atoms with E-state index < -0.39 is 10.9 Å². The third kappa shape index (κ3) is 3.59. The monoisotopic (exact) mass is 240 g/mol. The average Bonchev–Trinajstić information content (AvgIpc) is 2.26. The van der Waals surface area contributed by atoms with Crippen molar-refractivity contribution in [3.8, 4) is 0 Å². The molecule has 1 heterocycles. The molecule has 0 aliphatic heterocycles. The van der Waals surface area contributed by atoms with Crippen LogP contribution in [0, 0.1) is 10.1 Å². The molecule has 1 aromatic rings. The maximum Gasteiger partial charge on any atom is 0.325 e. The topological polar surface area (TPSA) is 120 Å². The molecule has 0 saturated heterocycles. The summed E-state index contributed by atoms with van der Waals surface area (Å²) in [7, 11) is 0. The van der Waals surface area contributed by atoms with Crippen LogP contribution in [0.1, 0.15) is 6.92 Å². The second-order valence-electron chi connectivity index (χ2n) is 3.02. The lowest BCUT2D eigenvalue weighted by Gasteiger charge is -2.05. The molecular formula is C9H12N4O4. The van der Waals surface area contributed by atoms with Gasteiger partial charge >= 0.3 is 11.7 Å². The molecule has 17 heavy (non-hydrogen) atoms. The van der Waals surface area contributed by atoms with E-state index in [2.05, 4.69) is 15.0 Å². The molecule has 0 amide bonds. The zero-order valence-electron chi connectivity index (χ0n) is 9.17. The van der Waals surface area contributed by atoms with Gasteiger partial charge in [0, 0.05) is 6.07 Å². The second-order valence-corrected chi connectivity index (χ2v) is 3.02. The number of ether oxygens (including phenoxy) is 1. The highest BCUT2D eigenvalue weighted by atomic mass is 16.6. The quantitative estimate of drug-likeness (QED) is 0.438. The molecule has 0 aromatic carbocycles. The van der Waals surface area contributed by atoms with E-state index in [1.165, 1.54) is 12.1 Å². The number of nitrogens with zero attached hydrogens (tertiary/aromatic N) is 2. The van der Waals surface area contributed by atoms with Gasteiger partial charge in [-0.05, 0) is 13.0 Å². The molecule has 0 radical (unpaired) electrons. The number of nitro groups is 1. The summed E-state index contributed by atoms with van der Waals surface area (Å²) >= 11 is 0. The van der Waals surface area contributed by atoms with Crippen LogP contribution in [0.2, 0.25) is 0 Å². The molecule has 1 aromatic heterocycles. The highest BCUT2D eigenvalue weighted by Crippen LogP contribution is 2.20. The molecule has 0 aliphatic rings. The summed E-state index contributed by atoms with van der Waals surface area (Å²) in [4.78, 5) is 24.6. The smallest absolute Gasteiger partial charge is 0.325 e. The number of carbonyl (C=O) groups is 1. The third-order valence-electron chi connectivity index (χ3n) is 1.82. The van der Waals surface area contributed by atoms with E-state index in [0.717, 1.165) is 0 Å². The Morgan fingerprint density at radius 1 is 1.65 bits per heavy atom. The minimum atomic E-state index is -0.628. The zero-order valence-corrected chi connectivity index (χ0v) is 9.17. The Hall–Kier alpha value is -2.38. The van der Waals surface area contributed by atoms with Crippen molar-refractivity contribution in [1.82, 2.24) is 4.98 Å². The number of nitrogens with two attached hydrogens (primary N) is 1. The zero-order chi connectivity index (χ0) is 12.8. The van der Waals surface area contributed by atoms with Gasteiger partial charge in [0.1, 0.15) is 12.4 Å². The maximum absolute atomic E-state index is 11.0. The molecule has 8 heteroatoms. The van der Waals surface area contributed by atoms with Crippen LogP contribution in [-0.4, -0.2) is 29.0 Å². The largest absolute Gasteiger partial charge is 0.465 e. The Balaban J connectivity index is 2.65. The Bertz CT molecular complexity index is 435. The molecule has 0 bridgehead atoms. The van der Waals surface area contributed by atoms with E-state index >= 15 is 0 Å². The molecule has 1 rings (SSSR count). The number of nitrogens with one attached hydrogen (secondary N) is 1. The predicted octanol–water partition coefficient (Wildman–Crippen LogP) is 0.547. The molecular weight excluding hydrogens is 228 g/mol. The van der Waals surface area contributed by atoms with Crippen LogP contribution in [0.25, 0.3) is 0 Å². The van der Waals surface area contributed by atoms with Crippen molar-refractivity contribution in [2.24, 2.45) is 0 Å². The van der Waals surface area contributed by atoms with Gasteiger partial charge in [-0.25, -0.2) is 4.98 Å². The second kappa shape index (κ2) is 5.64. The van der Waals surface area contributed by atoms with Crippen molar-refractivity contribution in [3.63, 3.8) is 0 Å². The van der Waals surface area contributed by atoms with E-state index in [-0.39, 0.29) is 30.5 Å². The summed E-state index contributed by atoms with van der Waals surface area (Å²) < 4.78 is 4.69. The molecule has 0 spiro atoms. The van der Waals surface area contributed by atoms with Crippen molar-refractivity contribution in [2.45, 2.75) is 6.92 Å². The summed E-state index contributed by atoms with van der Waals surface area (Å²) in [6.45, 7) is 1.91. The Kier molecular flexibility index (Phi) is 4.21. The minimum Gasteiger partial charge on any atom is -0.465 e. The minimum absolute atomic E-state index is 0.0713. The summed E-state index contributed by atoms with van der Waals surface area (Å²) in [5.74, 6) is -0.365. The van der Waals surface area contributed by atoms with Gasteiger partial charge in [0.2, 0.25) is 5.82 Å². The summed E-state index contributed by atoms with van der Waals surface area (Å²) in [6.07, 6.45) is 0. The fourth-order valence-corrected chi connectivity index (χ4v) is 1.10. The van der Waals surface area contributed by atoms with Crippen molar-refractivity contribution in [2.75, 3.05) is 24.2 Å². The van der Waals surface area contributed by atoms with Gasteiger partial charge in [0.15, 0.2) is 0 Å². The number of esters is 1. The Labute approximate surface area is 96.9 Å². The summed E-state index contributed by atoms with van der Waals surface area (Å²) in [5.41, 5.74) is 5.11. The first-order valence-corrected chi connectivity index (χ1v) is 4.85. The van der Waals surface area contributed by atoms with Crippen molar-refractivity contribution in [1.29, 1.82) is 0 Å². The van der Waals surface area contributed by atoms with Crippen LogP contribution >= 0.6 is 0 Å². The van der Waals surface area contributed by atoms with Gasteiger partial charge in [-0.3, -0.25) is 14.9 Å². The lowest BCUT2D eigenvalue weighted by atomic mass is 10.4. The van der Waals surface area contributed by atoms with E-state index in [1.54, 1.807) is 6.92 Å². The molecule has 0 atom stereocenters. The van der Waals surface area contributed by atoms with Gasteiger partial charge in [-0.15, -0.1) is 0 Å². The van der Waals surface area contributed by atoms with E-state index in [9.17, 15) is 14.9 Å². The number of hydrogen-bond donors (Lipinski definition) is 2. The molecule has 0 fully saturated rings. The SMILES string of the molecule is CCOC(=O)CNc1ccc([N+](=O)[O-])c(N)n1. The van der Waals surface area contributed by atoms with Crippen molar-refractivity contribution in [3.05, 3.63) is 22.2 Å². The first-order chi connectivity index (χ1) is 8.04. The molecule has 0 saturated carbocycles. The van der Waals surface area contributed by atoms with Gasteiger partial charge in [0.05, 0.1) is 11.5 Å². The van der Waals surface area contributed by atoms with Crippen LogP contribution in [0.15, 0.2) is 12.1 Å². The number of aromatic nitrogens is 1. The van der Waals surface area contributed by atoms with Crippen molar-refractivity contribution < 1.29 is 14.5 Å². The van der Waals surface area contributed by atoms with Crippen LogP contribution in [-0.2, 0) is 9.53 Å². The summed E-state index contributed by atoms with van der Waals surface area (Å²) in [5, 5.41) is 13.1. The first-order valence-electron chi connectivity index (χ1n) is 4.85. The number of hydrogen-bond acceptors (Lipinski definition) is 7. The van der Waals surface area contributed by atoms with Crippen LogP contribution in [0.4, 0.5) is 17.3 Å². The van der Waals surface area contributed by atoms with E-state index in [4.69, 9.17) is 5.73 Å². The fourth-order valence-electron chi connectivity index (χ4n) is 1.10. The van der Waals surface area contributed by atoms with Crippen LogP contribution < -0.4 is 11.1 Å². The predicted molar refractivity (Wildman–Crippen MR) is 60.4 cm³/mol. The normalized spacial score (nSPS) is 9.71.